The van der Waals surface area contributed by atoms with Gasteiger partial charge in [-0.3, -0.25) is 0 Å². The zero-order chi connectivity index (χ0) is 13.7. The Morgan fingerprint density at radius 1 is 1.32 bits per heavy atom. The largest absolute Gasteiger partial charge is 0.395 e. The van der Waals surface area contributed by atoms with E-state index in [-0.39, 0.29) is 11.9 Å². The number of aromatic nitrogens is 2. The van der Waals surface area contributed by atoms with E-state index >= 15 is 0 Å². The van der Waals surface area contributed by atoms with Crippen molar-refractivity contribution < 1.29 is 5.11 Å². The van der Waals surface area contributed by atoms with Crippen LogP contribution in [0.4, 0.5) is 5.95 Å². The summed E-state index contributed by atoms with van der Waals surface area (Å²) in [5, 5.41) is 14.5. The molecule has 2 aromatic rings. The van der Waals surface area contributed by atoms with Gasteiger partial charge in [-0.25, -0.2) is 9.97 Å². The second-order valence-corrected chi connectivity index (χ2v) is 5.83. The zero-order valence-electron chi connectivity index (χ0n) is 11.3. The van der Waals surface area contributed by atoms with Crippen molar-refractivity contribution >= 4 is 28.6 Å². The summed E-state index contributed by atoms with van der Waals surface area (Å²) in [6.45, 7) is 5.09. The fourth-order valence-corrected chi connectivity index (χ4v) is 2.58. The van der Waals surface area contributed by atoms with Crippen molar-refractivity contribution in [3.8, 4) is 0 Å². The second kappa shape index (κ2) is 6.73. The molecule has 0 aliphatic carbocycles. The Morgan fingerprint density at radius 3 is 2.84 bits per heavy atom. The van der Waals surface area contributed by atoms with Gasteiger partial charge in [0.2, 0.25) is 5.95 Å². The first-order valence-electron chi connectivity index (χ1n) is 6.52. The summed E-state index contributed by atoms with van der Waals surface area (Å²) in [6, 6.07) is 7.97. The predicted octanol–water partition coefficient (Wildman–Crippen LogP) is 2.92. The molecule has 1 aromatic carbocycles. The molecule has 0 saturated heterocycles. The van der Waals surface area contributed by atoms with E-state index in [4.69, 9.17) is 0 Å². The van der Waals surface area contributed by atoms with Gasteiger partial charge in [-0.1, -0.05) is 32.0 Å². The van der Waals surface area contributed by atoms with Crippen LogP contribution >= 0.6 is 11.8 Å². The molecule has 19 heavy (non-hydrogen) atoms. The average molecular weight is 277 g/mol. The van der Waals surface area contributed by atoms with Crippen LogP contribution in [0.25, 0.3) is 10.9 Å². The van der Waals surface area contributed by atoms with E-state index in [1.165, 1.54) is 0 Å². The van der Waals surface area contributed by atoms with Gasteiger partial charge in [0.25, 0.3) is 0 Å². The molecule has 2 N–H and O–H groups in total. The van der Waals surface area contributed by atoms with Crippen molar-refractivity contribution in [2.24, 2.45) is 0 Å². The van der Waals surface area contributed by atoms with Crippen LogP contribution in [0.1, 0.15) is 20.3 Å². The highest BCUT2D eigenvalue weighted by molar-refractivity contribution is 8.00. The Bertz CT molecular complexity index is 547. The number of hydrogen-bond donors (Lipinski definition) is 2. The quantitative estimate of drug-likeness (QED) is 0.628. The number of hydrogen-bond acceptors (Lipinski definition) is 5. The SMILES string of the molecule is CCCNc1nc(SC(C)CO)c2ccccc2n1. The molecule has 2 rings (SSSR count). The number of para-hydroxylation sites is 1. The van der Waals surface area contributed by atoms with Gasteiger partial charge in [0, 0.05) is 17.2 Å². The van der Waals surface area contributed by atoms with Gasteiger partial charge < -0.3 is 10.4 Å². The lowest BCUT2D eigenvalue weighted by molar-refractivity contribution is 0.300. The third-order valence-corrected chi connectivity index (χ3v) is 3.76. The van der Waals surface area contributed by atoms with E-state index in [0.717, 1.165) is 28.9 Å². The number of aliphatic hydroxyl groups excluding tert-OH is 1. The molecule has 0 amide bonds. The molecule has 0 fully saturated rings. The Balaban J connectivity index is 2.39. The maximum absolute atomic E-state index is 9.20. The van der Waals surface area contributed by atoms with Gasteiger partial charge in [0.05, 0.1) is 12.1 Å². The van der Waals surface area contributed by atoms with Crippen LogP contribution in [0, 0.1) is 0 Å². The number of thioether (sulfide) groups is 1. The minimum atomic E-state index is 0.123. The Morgan fingerprint density at radius 2 is 2.11 bits per heavy atom. The van der Waals surface area contributed by atoms with Gasteiger partial charge in [0.15, 0.2) is 0 Å². The van der Waals surface area contributed by atoms with Crippen molar-refractivity contribution in [3.05, 3.63) is 24.3 Å². The van der Waals surface area contributed by atoms with E-state index in [0.29, 0.717) is 5.95 Å². The molecule has 102 valence electrons. The van der Waals surface area contributed by atoms with Crippen molar-refractivity contribution in [1.29, 1.82) is 0 Å². The number of nitrogens with one attached hydrogen (secondary N) is 1. The molecule has 0 bridgehead atoms. The number of rotatable bonds is 6. The highest BCUT2D eigenvalue weighted by Crippen LogP contribution is 2.29. The van der Waals surface area contributed by atoms with E-state index in [2.05, 4.69) is 22.2 Å². The smallest absolute Gasteiger partial charge is 0.224 e. The maximum atomic E-state index is 9.20. The van der Waals surface area contributed by atoms with Crippen LogP contribution in [0.3, 0.4) is 0 Å². The van der Waals surface area contributed by atoms with E-state index in [9.17, 15) is 5.11 Å². The molecule has 1 heterocycles. The lowest BCUT2D eigenvalue weighted by Crippen LogP contribution is -2.07. The lowest BCUT2D eigenvalue weighted by Gasteiger charge is -2.11. The van der Waals surface area contributed by atoms with Crippen LogP contribution in [0.15, 0.2) is 29.3 Å². The van der Waals surface area contributed by atoms with E-state index in [1.54, 1.807) is 11.8 Å². The Kier molecular flexibility index (Phi) is 4.99. The summed E-state index contributed by atoms with van der Waals surface area (Å²) >= 11 is 1.58. The first-order chi connectivity index (χ1) is 9.24. The Hall–Kier alpha value is -1.33. The summed E-state index contributed by atoms with van der Waals surface area (Å²) in [6.07, 6.45) is 1.03. The highest BCUT2D eigenvalue weighted by atomic mass is 32.2. The summed E-state index contributed by atoms with van der Waals surface area (Å²) < 4.78 is 0. The van der Waals surface area contributed by atoms with Crippen molar-refractivity contribution in [2.75, 3.05) is 18.5 Å². The molecule has 0 aliphatic heterocycles. The third-order valence-electron chi connectivity index (χ3n) is 2.67. The molecular weight excluding hydrogens is 258 g/mol. The molecule has 0 spiro atoms. The number of fused-ring (bicyclic) bond motifs is 1. The minimum Gasteiger partial charge on any atom is -0.395 e. The topological polar surface area (TPSA) is 58.0 Å². The van der Waals surface area contributed by atoms with Gasteiger partial charge in [0.1, 0.15) is 5.03 Å². The summed E-state index contributed by atoms with van der Waals surface area (Å²) in [4.78, 5) is 9.06. The summed E-state index contributed by atoms with van der Waals surface area (Å²) in [7, 11) is 0. The van der Waals surface area contributed by atoms with Gasteiger partial charge in [-0.2, -0.15) is 0 Å². The first-order valence-corrected chi connectivity index (χ1v) is 7.40. The fourth-order valence-electron chi connectivity index (χ4n) is 1.68. The molecule has 4 nitrogen and oxygen atoms in total. The number of nitrogens with zero attached hydrogens (tertiary/aromatic N) is 2. The van der Waals surface area contributed by atoms with E-state index in [1.807, 2.05) is 31.2 Å². The minimum absolute atomic E-state index is 0.123. The maximum Gasteiger partial charge on any atom is 0.224 e. The van der Waals surface area contributed by atoms with Crippen LogP contribution in [0.5, 0.6) is 0 Å². The fraction of sp³-hybridized carbons (Fsp3) is 0.429. The molecule has 0 radical (unpaired) electrons. The van der Waals surface area contributed by atoms with Crippen molar-refractivity contribution in [1.82, 2.24) is 9.97 Å². The van der Waals surface area contributed by atoms with Crippen LogP contribution in [-0.4, -0.2) is 33.5 Å². The summed E-state index contributed by atoms with van der Waals surface area (Å²) in [5.74, 6) is 0.660. The summed E-state index contributed by atoms with van der Waals surface area (Å²) in [5.41, 5.74) is 0.934. The normalized spacial score (nSPS) is 12.6. The monoisotopic (exact) mass is 277 g/mol. The molecule has 1 aromatic heterocycles. The molecule has 0 saturated carbocycles. The van der Waals surface area contributed by atoms with Gasteiger partial charge in [-0.15, -0.1) is 11.8 Å². The van der Waals surface area contributed by atoms with Crippen LogP contribution < -0.4 is 5.32 Å². The molecule has 0 aliphatic rings. The standard InChI is InChI=1S/C14H19N3OS/c1-3-8-15-14-16-12-7-5-4-6-11(12)13(17-14)19-10(2)9-18/h4-7,10,18H,3,8-9H2,1-2H3,(H,15,16,17). The number of aliphatic hydroxyl groups is 1. The van der Waals surface area contributed by atoms with Crippen LogP contribution in [0.2, 0.25) is 0 Å². The molecule has 1 unspecified atom stereocenters. The van der Waals surface area contributed by atoms with Crippen molar-refractivity contribution in [2.45, 2.75) is 30.5 Å². The molecule has 1 atom stereocenters. The van der Waals surface area contributed by atoms with Crippen molar-refractivity contribution in [3.63, 3.8) is 0 Å². The van der Waals surface area contributed by atoms with Crippen LogP contribution in [-0.2, 0) is 0 Å². The van der Waals surface area contributed by atoms with Gasteiger partial charge >= 0.3 is 0 Å². The highest BCUT2D eigenvalue weighted by Gasteiger charge is 2.11. The molecular formula is C14H19N3OS. The van der Waals surface area contributed by atoms with E-state index < -0.39 is 0 Å². The predicted molar refractivity (Wildman–Crippen MR) is 80.7 cm³/mol. The molecule has 5 heteroatoms. The first kappa shape index (κ1) is 14.1. The second-order valence-electron chi connectivity index (χ2n) is 4.41. The number of benzene rings is 1. The van der Waals surface area contributed by atoms with Gasteiger partial charge in [-0.05, 0) is 12.5 Å². The lowest BCUT2D eigenvalue weighted by atomic mass is 10.2. The number of anilines is 1. The zero-order valence-corrected chi connectivity index (χ0v) is 12.1. The third kappa shape index (κ3) is 3.58. The average Bonchev–Trinajstić information content (AvgIpc) is 2.45. The Labute approximate surface area is 117 Å².